The van der Waals surface area contributed by atoms with Gasteiger partial charge in [-0.2, -0.15) is 5.10 Å². The molecule has 0 amide bonds. The van der Waals surface area contributed by atoms with Gasteiger partial charge in [-0.25, -0.2) is 18.1 Å². The number of aromatic nitrogens is 3. The molecule has 1 aliphatic carbocycles. The predicted octanol–water partition coefficient (Wildman–Crippen LogP) is 4.04. The number of rotatable bonds is 6. The maximum atomic E-state index is 12.5. The molecule has 0 bridgehead atoms. The van der Waals surface area contributed by atoms with Gasteiger partial charge in [-0.3, -0.25) is 4.72 Å². The summed E-state index contributed by atoms with van der Waals surface area (Å²) in [6, 6.07) is 18.6. The number of nitrogens with zero attached hydrogens (tertiary/aromatic N) is 3. The van der Waals surface area contributed by atoms with Gasteiger partial charge in [-0.05, 0) is 47.7 Å². The molecule has 1 aliphatic rings. The lowest BCUT2D eigenvalue weighted by Gasteiger charge is -2.11. The monoisotopic (exact) mass is 433 g/mol. The highest BCUT2D eigenvalue weighted by molar-refractivity contribution is 7.91. The summed E-state index contributed by atoms with van der Waals surface area (Å²) in [4.78, 5) is 4.78. The van der Waals surface area contributed by atoms with E-state index in [1.807, 2.05) is 37.4 Å². The lowest BCUT2D eigenvalue weighted by molar-refractivity contribution is 0.600. The third-order valence-electron chi connectivity index (χ3n) is 5.50. The molecule has 1 saturated carbocycles. The summed E-state index contributed by atoms with van der Waals surface area (Å²) in [6.45, 7) is 0. The van der Waals surface area contributed by atoms with E-state index in [2.05, 4.69) is 15.9 Å². The Morgan fingerprint density at radius 2 is 1.81 bits per heavy atom. The zero-order chi connectivity index (χ0) is 21.6. The summed E-state index contributed by atoms with van der Waals surface area (Å²) in [5.74, 6) is 0.857. The Morgan fingerprint density at radius 3 is 2.48 bits per heavy atom. The van der Waals surface area contributed by atoms with E-state index in [9.17, 15) is 8.42 Å². The molecular weight excluding hydrogens is 410 g/mol. The zero-order valence-electron chi connectivity index (χ0n) is 17.1. The molecule has 0 aliphatic heterocycles. The fourth-order valence-electron chi connectivity index (χ4n) is 3.84. The molecule has 1 fully saturated rings. The molecule has 31 heavy (non-hydrogen) atoms. The Morgan fingerprint density at radius 1 is 1.10 bits per heavy atom. The summed E-state index contributed by atoms with van der Waals surface area (Å²) in [5, 5.41) is 5.17. The predicted molar refractivity (Wildman–Crippen MR) is 123 cm³/mol. The van der Waals surface area contributed by atoms with Crippen molar-refractivity contribution in [3.05, 3.63) is 71.9 Å². The van der Waals surface area contributed by atoms with Gasteiger partial charge in [0, 0.05) is 24.3 Å². The number of nitrogens with two attached hydrogens (primary N) is 1. The number of anilines is 2. The lowest BCUT2D eigenvalue weighted by atomic mass is 10.0. The quantitative estimate of drug-likeness (QED) is 0.478. The van der Waals surface area contributed by atoms with Crippen LogP contribution in [0.5, 0.6) is 0 Å². The Labute approximate surface area is 181 Å². The van der Waals surface area contributed by atoms with E-state index in [4.69, 9.17) is 10.7 Å². The van der Waals surface area contributed by atoms with Gasteiger partial charge in [0.1, 0.15) is 0 Å². The minimum Gasteiger partial charge on any atom is -0.382 e. The van der Waals surface area contributed by atoms with Gasteiger partial charge in [0.2, 0.25) is 10.0 Å². The molecule has 2 heterocycles. The van der Waals surface area contributed by atoms with Crippen molar-refractivity contribution in [2.75, 3.05) is 10.5 Å². The van der Waals surface area contributed by atoms with E-state index in [-0.39, 0.29) is 5.75 Å². The van der Waals surface area contributed by atoms with Gasteiger partial charge in [0.25, 0.3) is 0 Å². The van der Waals surface area contributed by atoms with Crippen LogP contribution in [-0.4, -0.2) is 23.2 Å². The molecule has 0 atom stereocenters. The first-order valence-corrected chi connectivity index (χ1v) is 11.8. The summed E-state index contributed by atoms with van der Waals surface area (Å²) in [5.41, 5.74) is 11.2. The van der Waals surface area contributed by atoms with Crippen LogP contribution < -0.4 is 10.5 Å². The number of fused-ring (bicyclic) bond motifs is 1. The van der Waals surface area contributed by atoms with Crippen LogP contribution in [0.2, 0.25) is 0 Å². The molecule has 3 N–H and O–H groups in total. The summed E-state index contributed by atoms with van der Waals surface area (Å²) >= 11 is 0. The highest BCUT2D eigenvalue weighted by Gasteiger charge is 2.27. The lowest BCUT2D eigenvalue weighted by Crippen LogP contribution is -2.14. The van der Waals surface area contributed by atoms with Gasteiger partial charge < -0.3 is 5.73 Å². The zero-order valence-corrected chi connectivity index (χ0v) is 17.9. The number of aryl methyl sites for hydroxylation is 1. The second-order valence-corrected chi connectivity index (χ2v) is 9.72. The van der Waals surface area contributed by atoms with Crippen LogP contribution in [0, 0.1) is 0 Å². The first kappa shape index (κ1) is 19.6. The van der Waals surface area contributed by atoms with Crippen LogP contribution in [0.1, 0.15) is 30.0 Å². The van der Waals surface area contributed by atoms with Crippen LogP contribution in [-0.2, 0) is 22.8 Å². The van der Waals surface area contributed by atoms with Crippen LogP contribution in [0.25, 0.3) is 22.2 Å². The average molecular weight is 434 g/mol. The SMILES string of the molecule is Cn1nc(N)c2c(-c3ccc(NS(=O)(=O)Cc4ccccc4)cc3)cc(C3CC3)nc21. The average Bonchev–Trinajstić information content (AvgIpc) is 3.54. The molecule has 0 unspecified atom stereocenters. The Balaban J connectivity index is 1.46. The van der Waals surface area contributed by atoms with E-state index in [1.54, 1.807) is 28.9 Å². The minimum absolute atomic E-state index is 0.0719. The summed E-state index contributed by atoms with van der Waals surface area (Å²) < 4.78 is 29.4. The maximum Gasteiger partial charge on any atom is 0.236 e. The second kappa shape index (κ2) is 7.39. The minimum atomic E-state index is -3.51. The van der Waals surface area contributed by atoms with Gasteiger partial charge >= 0.3 is 0 Å². The number of hydrogen-bond acceptors (Lipinski definition) is 5. The van der Waals surface area contributed by atoms with Crippen molar-refractivity contribution >= 4 is 32.6 Å². The molecule has 0 spiro atoms. The molecule has 158 valence electrons. The molecule has 4 aromatic rings. The standard InChI is InChI=1S/C23H23N5O2S/c1-28-23-21(22(24)26-28)19(13-20(25-23)17-7-8-17)16-9-11-18(12-10-16)27-31(29,30)14-15-5-3-2-4-6-15/h2-6,9-13,17,27H,7-8,14H2,1H3,(H2,24,26). The highest BCUT2D eigenvalue weighted by Crippen LogP contribution is 2.42. The Bertz CT molecular complexity index is 1360. The normalized spacial score (nSPS) is 14.1. The van der Waals surface area contributed by atoms with Crippen LogP contribution in [0.15, 0.2) is 60.7 Å². The number of nitrogen functional groups attached to an aromatic ring is 1. The topological polar surface area (TPSA) is 103 Å². The third kappa shape index (κ3) is 3.98. The second-order valence-electron chi connectivity index (χ2n) is 8.00. The molecule has 0 saturated heterocycles. The van der Waals surface area contributed by atoms with Crippen molar-refractivity contribution in [2.24, 2.45) is 7.05 Å². The smallest absolute Gasteiger partial charge is 0.236 e. The molecule has 2 aromatic carbocycles. The van der Waals surface area contributed by atoms with Crippen LogP contribution in [0.3, 0.4) is 0 Å². The van der Waals surface area contributed by atoms with Crippen LogP contribution >= 0.6 is 0 Å². The number of hydrogen-bond donors (Lipinski definition) is 2. The van der Waals surface area contributed by atoms with Gasteiger partial charge in [0.05, 0.1) is 11.1 Å². The van der Waals surface area contributed by atoms with Crippen molar-refractivity contribution in [1.29, 1.82) is 0 Å². The number of sulfonamides is 1. The summed E-state index contributed by atoms with van der Waals surface area (Å²) in [6.07, 6.45) is 2.29. The van der Waals surface area contributed by atoms with E-state index in [0.717, 1.165) is 46.3 Å². The molecule has 5 rings (SSSR count). The van der Waals surface area contributed by atoms with Gasteiger partial charge in [-0.15, -0.1) is 0 Å². The van der Waals surface area contributed by atoms with Crippen molar-refractivity contribution in [2.45, 2.75) is 24.5 Å². The Kier molecular flexibility index (Phi) is 4.66. The van der Waals surface area contributed by atoms with Gasteiger partial charge in [0.15, 0.2) is 11.5 Å². The van der Waals surface area contributed by atoms with Crippen molar-refractivity contribution in [3.63, 3.8) is 0 Å². The fraction of sp³-hybridized carbons (Fsp3) is 0.217. The summed E-state index contributed by atoms with van der Waals surface area (Å²) in [7, 11) is -1.66. The largest absolute Gasteiger partial charge is 0.382 e. The van der Waals surface area contributed by atoms with Crippen molar-refractivity contribution in [1.82, 2.24) is 14.8 Å². The Hall–Kier alpha value is -3.39. The maximum absolute atomic E-state index is 12.5. The third-order valence-corrected chi connectivity index (χ3v) is 6.77. The number of nitrogens with one attached hydrogen (secondary N) is 1. The molecular formula is C23H23N5O2S. The molecule has 0 radical (unpaired) electrons. The van der Waals surface area contributed by atoms with E-state index >= 15 is 0 Å². The molecule has 2 aromatic heterocycles. The number of benzene rings is 2. The fourth-order valence-corrected chi connectivity index (χ4v) is 5.04. The molecule has 7 nitrogen and oxygen atoms in total. The highest BCUT2D eigenvalue weighted by atomic mass is 32.2. The van der Waals surface area contributed by atoms with E-state index in [0.29, 0.717) is 17.4 Å². The van der Waals surface area contributed by atoms with E-state index < -0.39 is 10.0 Å². The number of pyridine rings is 1. The first-order chi connectivity index (χ1) is 14.9. The van der Waals surface area contributed by atoms with E-state index in [1.165, 1.54) is 0 Å². The van der Waals surface area contributed by atoms with Gasteiger partial charge in [-0.1, -0.05) is 42.5 Å². The first-order valence-electron chi connectivity index (χ1n) is 10.2. The molecule has 8 heteroatoms. The van der Waals surface area contributed by atoms with Crippen molar-refractivity contribution < 1.29 is 8.42 Å². The van der Waals surface area contributed by atoms with Crippen molar-refractivity contribution in [3.8, 4) is 11.1 Å². The van der Waals surface area contributed by atoms with Crippen LogP contribution in [0.4, 0.5) is 11.5 Å².